The molecule has 0 aliphatic heterocycles. The third-order valence-corrected chi connectivity index (χ3v) is 4.15. The Labute approximate surface area is 125 Å². The van der Waals surface area contributed by atoms with Gasteiger partial charge in [0.05, 0.1) is 4.90 Å². The summed E-state index contributed by atoms with van der Waals surface area (Å²) >= 11 is 4.97. The van der Waals surface area contributed by atoms with Crippen LogP contribution in [0.15, 0.2) is 32.9 Å². The van der Waals surface area contributed by atoms with Gasteiger partial charge in [0.15, 0.2) is 0 Å². The van der Waals surface area contributed by atoms with Crippen molar-refractivity contribution in [1.29, 1.82) is 0 Å². The van der Waals surface area contributed by atoms with E-state index in [1.807, 2.05) is 19.2 Å². The highest BCUT2D eigenvalue weighted by atomic mass is 79.9. The molecule has 100 valence electrons. The molecule has 0 radical (unpaired) electrons. The van der Waals surface area contributed by atoms with Crippen LogP contribution >= 0.6 is 27.7 Å². The molecule has 0 saturated carbocycles. The van der Waals surface area contributed by atoms with E-state index in [1.165, 1.54) is 5.56 Å². The number of hydrogen-bond acceptors (Lipinski definition) is 5. The summed E-state index contributed by atoms with van der Waals surface area (Å²) in [6.07, 6.45) is 3.66. The quantitative estimate of drug-likeness (QED) is 0.862. The number of halogens is 1. The van der Waals surface area contributed by atoms with Crippen molar-refractivity contribution in [2.24, 2.45) is 0 Å². The number of nitrogen functional groups attached to an aromatic ring is 1. The molecule has 0 aromatic carbocycles. The smallest absolute Gasteiger partial charge is 0.141 e. The maximum absolute atomic E-state index is 5.93. The number of aryl methyl sites for hydroxylation is 1. The monoisotopic (exact) mass is 338 g/mol. The minimum Gasteiger partial charge on any atom is -0.383 e. The average Bonchev–Trinajstić information content (AvgIpc) is 2.32. The fourth-order valence-corrected chi connectivity index (χ4v) is 3.17. The van der Waals surface area contributed by atoms with E-state index in [-0.39, 0.29) is 0 Å². The van der Waals surface area contributed by atoms with E-state index < -0.39 is 0 Å². The van der Waals surface area contributed by atoms with Crippen LogP contribution in [0.25, 0.3) is 0 Å². The largest absolute Gasteiger partial charge is 0.383 e. The molecule has 0 saturated heterocycles. The average molecular weight is 339 g/mol. The van der Waals surface area contributed by atoms with E-state index >= 15 is 0 Å². The highest BCUT2D eigenvalue weighted by Crippen LogP contribution is 2.36. The van der Waals surface area contributed by atoms with Crippen LogP contribution in [0.5, 0.6) is 0 Å². The lowest BCUT2D eigenvalue weighted by atomic mass is 10.1. The summed E-state index contributed by atoms with van der Waals surface area (Å²) in [5, 5.41) is 0. The Balaban J connectivity index is 2.39. The van der Waals surface area contributed by atoms with Gasteiger partial charge >= 0.3 is 0 Å². The Hall–Kier alpha value is -1.14. The normalized spacial score (nSPS) is 11.0. The highest BCUT2D eigenvalue weighted by Gasteiger charge is 2.12. The number of pyridine rings is 1. The predicted molar refractivity (Wildman–Crippen MR) is 81.3 cm³/mol. The predicted octanol–water partition coefficient (Wildman–Crippen LogP) is 3.80. The molecule has 2 heterocycles. The van der Waals surface area contributed by atoms with Crippen LogP contribution < -0.4 is 5.73 Å². The second-order valence-corrected chi connectivity index (χ2v) is 6.36. The first-order valence-electron chi connectivity index (χ1n) is 5.89. The zero-order chi connectivity index (χ0) is 14.0. The van der Waals surface area contributed by atoms with Crippen LogP contribution in [0.3, 0.4) is 0 Å². The second kappa shape index (κ2) is 5.88. The number of anilines is 1. The van der Waals surface area contributed by atoms with Crippen molar-refractivity contribution in [3.05, 3.63) is 34.5 Å². The Kier molecular flexibility index (Phi) is 4.42. The molecule has 0 unspecified atom stereocenters. The molecule has 0 atom stereocenters. The van der Waals surface area contributed by atoms with Crippen LogP contribution in [0.1, 0.15) is 31.2 Å². The fraction of sp³-hybridized carbons (Fsp3) is 0.308. The minimum atomic E-state index is 0.399. The standard InChI is InChI=1S/C13H15BrN4S/c1-7(2)9-5-17-12(14)4-10(9)19-11-6-16-8(3)18-13(11)15/h4-7H,1-3H3,(H2,15,16,18). The summed E-state index contributed by atoms with van der Waals surface area (Å²) in [6.45, 7) is 6.11. The summed E-state index contributed by atoms with van der Waals surface area (Å²) in [7, 11) is 0. The summed E-state index contributed by atoms with van der Waals surface area (Å²) in [6, 6.07) is 2.00. The lowest BCUT2D eigenvalue weighted by Crippen LogP contribution is -1.98. The van der Waals surface area contributed by atoms with Crippen molar-refractivity contribution in [2.45, 2.75) is 36.5 Å². The molecule has 2 rings (SSSR count). The fourth-order valence-electron chi connectivity index (χ4n) is 1.62. The lowest BCUT2D eigenvalue weighted by molar-refractivity contribution is 0.829. The van der Waals surface area contributed by atoms with Gasteiger partial charge in [-0.1, -0.05) is 25.6 Å². The topological polar surface area (TPSA) is 64.7 Å². The molecule has 6 heteroatoms. The van der Waals surface area contributed by atoms with E-state index in [0.717, 1.165) is 14.4 Å². The van der Waals surface area contributed by atoms with Crippen molar-refractivity contribution in [3.8, 4) is 0 Å². The van der Waals surface area contributed by atoms with Crippen molar-refractivity contribution >= 4 is 33.5 Å². The van der Waals surface area contributed by atoms with Gasteiger partial charge in [-0.2, -0.15) is 0 Å². The first-order valence-corrected chi connectivity index (χ1v) is 7.50. The molecule has 2 N–H and O–H groups in total. The SMILES string of the molecule is Cc1ncc(Sc2cc(Br)ncc2C(C)C)c(N)n1. The van der Waals surface area contributed by atoms with Gasteiger partial charge in [-0.25, -0.2) is 15.0 Å². The Morgan fingerprint density at radius 2 is 1.95 bits per heavy atom. The third kappa shape index (κ3) is 3.45. The van der Waals surface area contributed by atoms with Crippen molar-refractivity contribution in [3.63, 3.8) is 0 Å². The Morgan fingerprint density at radius 3 is 2.58 bits per heavy atom. The van der Waals surface area contributed by atoms with E-state index in [9.17, 15) is 0 Å². The number of nitrogens with zero attached hydrogens (tertiary/aromatic N) is 3. The molecular formula is C13H15BrN4S. The molecule has 0 aliphatic rings. The molecule has 4 nitrogen and oxygen atoms in total. The van der Waals surface area contributed by atoms with Gasteiger partial charge < -0.3 is 5.73 Å². The number of nitrogens with two attached hydrogens (primary N) is 1. The van der Waals surface area contributed by atoms with Gasteiger partial charge in [0, 0.05) is 17.3 Å². The van der Waals surface area contributed by atoms with Gasteiger partial charge in [-0.15, -0.1) is 0 Å². The summed E-state index contributed by atoms with van der Waals surface area (Å²) in [5.74, 6) is 1.60. The highest BCUT2D eigenvalue weighted by molar-refractivity contribution is 9.10. The van der Waals surface area contributed by atoms with Crippen molar-refractivity contribution in [1.82, 2.24) is 15.0 Å². The molecule has 0 spiro atoms. The lowest BCUT2D eigenvalue weighted by Gasteiger charge is -2.12. The summed E-state index contributed by atoms with van der Waals surface area (Å²) < 4.78 is 0.811. The molecule has 0 fully saturated rings. The minimum absolute atomic E-state index is 0.399. The molecule has 2 aromatic heterocycles. The number of aromatic nitrogens is 3. The Bertz CT molecular complexity index is 601. The summed E-state index contributed by atoms with van der Waals surface area (Å²) in [5.41, 5.74) is 7.12. The Morgan fingerprint density at radius 1 is 1.21 bits per heavy atom. The van der Waals surface area contributed by atoms with Crippen LogP contribution in [0.2, 0.25) is 0 Å². The van der Waals surface area contributed by atoms with Crippen molar-refractivity contribution in [2.75, 3.05) is 5.73 Å². The zero-order valence-electron chi connectivity index (χ0n) is 11.0. The first kappa shape index (κ1) is 14.3. The van der Waals surface area contributed by atoms with Gasteiger partial charge in [0.2, 0.25) is 0 Å². The summed E-state index contributed by atoms with van der Waals surface area (Å²) in [4.78, 5) is 14.6. The molecule has 0 bridgehead atoms. The molecule has 0 aliphatic carbocycles. The number of rotatable bonds is 3. The first-order chi connectivity index (χ1) is 8.97. The van der Waals surface area contributed by atoms with Gasteiger partial charge in [-0.3, -0.25) is 0 Å². The van der Waals surface area contributed by atoms with Gasteiger partial charge in [-0.05, 0) is 40.4 Å². The maximum atomic E-state index is 5.93. The molecular weight excluding hydrogens is 324 g/mol. The van der Waals surface area contributed by atoms with E-state index in [0.29, 0.717) is 17.6 Å². The third-order valence-electron chi connectivity index (χ3n) is 2.61. The van der Waals surface area contributed by atoms with Crippen molar-refractivity contribution < 1.29 is 0 Å². The molecule has 0 amide bonds. The van der Waals surface area contributed by atoms with Crippen LogP contribution in [-0.4, -0.2) is 15.0 Å². The van der Waals surface area contributed by atoms with Gasteiger partial charge in [0.1, 0.15) is 16.2 Å². The number of hydrogen-bond donors (Lipinski definition) is 1. The van der Waals surface area contributed by atoms with Crippen LogP contribution in [-0.2, 0) is 0 Å². The molecule has 19 heavy (non-hydrogen) atoms. The van der Waals surface area contributed by atoms with Gasteiger partial charge in [0.25, 0.3) is 0 Å². The molecule has 2 aromatic rings. The van der Waals surface area contributed by atoms with Crippen LogP contribution in [0.4, 0.5) is 5.82 Å². The zero-order valence-corrected chi connectivity index (χ0v) is 13.4. The van der Waals surface area contributed by atoms with E-state index in [2.05, 4.69) is 44.7 Å². The van der Waals surface area contributed by atoms with Crippen LogP contribution in [0, 0.1) is 6.92 Å². The maximum Gasteiger partial charge on any atom is 0.141 e. The second-order valence-electron chi connectivity index (χ2n) is 4.47. The van der Waals surface area contributed by atoms with E-state index in [1.54, 1.807) is 18.0 Å². The van der Waals surface area contributed by atoms with E-state index in [4.69, 9.17) is 5.73 Å².